The molecule has 0 saturated carbocycles. The summed E-state index contributed by atoms with van der Waals surface area (Å²) in [5.41, 5.74) is 7.53. The molecule has 20 heavy (non-hydrogen) atoms. The third-order valence-corrected chi connectivity index (χ3v) is 4.49. The van der Waals surface area contributed by atoms with Crippen LogP contribution in [0.5, 0.6) is 0 Å². The van der Waals surface area contributed by atoms with Crippen molar-refractivity contribution in [3.63, 3.8) is 0 Å². The van der Waals surface area contributed by atoms with E-state index in [1.54, 1.807) is 6.07 Å². The summed E-state index contributed by atoms with van der Waals surface area (Å²) in [6.45, 7) is 3.84. The lowest BCUT2D eigenvalue weighted by Gasteiger charge is -2.10. The highest BCUT2D eigenvalue weighted by Crippen LogP contribution is 2.44. The van der Waals surface area contributed by atoms with Gasteiger partial charge in [0.05, 0.1) is 10.7 Å². The number of nitrogen functional groups attached to an aromatic ring is 1. The molecule has 0 atom stereocenters. The number of carboxylic acid groups (broad SMARTS) is 1. The molecule has 0 spiro atoms. The fraction of sp³-hybridized carbons (Fsp3) is 0.214. The maximum Gasteiger partial charge on any atom is 0.348 e. The smallest absolute Gasteiger partial charge is 0.348 e. The van der Waals surface area contributed by atoms with Crippen LogP contribution >= 0.6 is 22.9 Å². The van der Waals surface area contributed by atoms with Crippen molar-refractivity contribution in [2.75, 3.05) is 5.73 Å². The Morgan fingerprint density at radius 3 is 2.60 bits per heavy atom. The van der Waals surface area contributed by atoms with Gasteiger partial charge in [-0.3, -0.25) is 0 Å². The summed E-state index contributed by atoms with van der Waals surface area (Å²) in [7, 11) is 0. The van der Waals surface area contributed by atoms with Gasteiger partial charge in [0.25, 0.3) is 0 Å². The van der Waals surface area contributed by atoms with Crippen molar-refractivity contribution in [2.24, 2.45) is 0 Å². The van der Waals surface area contributed by atoms with Crippen molar-refractivity contribution >= 4 is 34.6 Å². The Balaban J connectivity index is 2.73. The number of carbonyl (C=O) groups is 1. The van der Waals surface area contributed by atoms with E-state index in [-0.39, 0.29) is 21.5 Å². The molecule has 2 aromatic rings. The van der Waals surface area contributed by atoms with Gasteiger partial charge in [-0.15, -0.1) is 11.3 Å². The normalized spacial score (nSPS) is 11.1. The summed E-state index contributed by atoms with van der Waals surface area (Å²) in [4.78, 5) is 12.0. The average molecular weight is 314 g/mol. The van der Waals surface area contributed by atoms with Crippen LogP contribution in [0.15, 0.2) is 18.2 Å². The lowest BCUT2D eigenvalue weighted by molar-refractivity contribution is 0.0703. The molecule has 3 N–H and O–H groups in total. The second-order valence-electron chi connectivity index (χ2n) is 4.67. The number of halogens is 2. The Morgan fingerprint density at radius 1 is 1.45 bits per heavy atom. The number of thiophene rings is 1. The monoisotopic (exact) mass is 313 g/mol. The molecule has 0 aliphatic rings. The first-order valence-electron chi connectivity index (χ1n) is 5.93. The van der Waals surface area contributed by atoms with Gasteiger partial charge < -0.3 is 10.8 Å². The summed E-state index contributed by atoms with van der Waals surface area (Å²) < 4.78 is 13.1. The van der Waals surface area contributed by atoms with E-state index in [2.05, 4.69) is 0 Å². The summed E-state index contributed by atoms with van der Waals surface area (Å²) in [5.74, 6) is -1.47. The molecule has 1 heterocycles. The molecule has 6 heteroatoms. The number of benzene rings is 1. The summed E-state index contributed by atoms with van der Waals surface area (Å²) >= 11 is 7.12. The number of aromatic carboxylic acids is 1. The lowest BCUT2D eigenvalue weighted by Crippen LogP contribution is -2.00. The molecule has 1 aromatic carbocycles. The molecule has 0 fully saturated rings. The molecule has 0 unspecified atom stereocenters. The molecule has 0 aliphatic heterocycles. The van der Waals surface area contributed by atoms with Crippen molar-refractivity contribution in [3.8, 4) is 10.4 Å². The van der Waals surface area contributed by atoms with Gasteiger partial charge in [-0.25, -0.2) is 9.18 Å². The lowest BCUT2D eigenvalue weighted by atomic mass is 9.98. The van der Waals surface area contributed by atoms with Crippen molar-refractivity contribution < 1.29 is 14.3 Å². The summed E-state index contributed by atoms with van der Waals surface area (Å²) in [6, 6.07) is 4.04. The van der Waals surface area contributed by atoms with Crippen LogP contribution in [0.2, 0.25) is 5.02 Å². The number of carboxylic acids is 1. The molecule has 0 aliphatic carbocycles. The fourth-order valence-electron chi connectivity index (χ4n) is 2.06. The van der Waals surface area contributed by atoms with Crippen LogP contribution in [0.1, 0.15) is 35.0 Å². The van der Waals surface area contributed by atoms with Crippen molar-refractivity contribution in [3.05, 3.63) is 39.5 Å². The van der Waals surface area contributed by atoms with E-state index in [9.17, 15) is 14.3 Å². The zero-order valence-electron chi connectivity index (χ0n) is 10.9. The van der Waals surface area contributed by atoms with Gasteiger partial charge in [0.15, 0.2) is 0 Å². The van der Waals surface area contributed by atoms with Crippen molar-refractivity contribution in [1.82, 2.24) is 0 Å². The van der Waals surface area contributed by atoms with Crippen LogP contribution in [0.25, 0.3) is 10.4 Å². The van der Waals surface area contributed by atoms with Crippen LogP contribution in [-0.4, -0.2) is 11.1 Å². The molecule has 0 bridgehead atoms. The van der Waals surface area contributed by atoms with Gasteiger partial charge in [-0.2, -0.15) is 0 Å². The van der Waals surface area contributed by atoms with Gasteiger partial charge in [-0.05, 0) is 29.7 Å². The van der Waals surface area contributed by atoms with E-state index in [1.807, 2.05) is 13.8 Å². The zero-order chi connectivity index (χ0) is 15.0. The van der Waals surface area contributed by atoms with E-state index < -0.39 is 11.8 Å². The number of hydrogen-bond acceptors (Lipinski definition) is 3. The van der Waals surface area contributed by atoms with Gasteiger partial charge >= 0.3 is 5.97 Å². The molecule has 0 radical (unpaired) electrons. The number of anilines is 1. The Hall–Kier alpha value is -1.59. The topological polar surface area (TPSA) is 63.3 Å². The molecule has 1 aromatic heterocycles. The molecule has 0 amide bonds. The first-order valence-corrected chi connectivity index (χ1v) is 7.13. The zero-order valence-corrected chi connectivity index (χ0v) is 12.5. The van der Waals surface area contributed by atoms with Crippen LogP contribution in [0.3, 0.4) is 0 Å². The third-order valence-electron chi connectivity index (χ3n) is 2.93. The average Bonchev–Trinajstić information content (AvgIpc) is 2.66. The maximum atomic E-state index is 13.1. The van der Waals surface area contributed by atoms with E-state index in [0.717, 1.165) is 16.9 Å². The third kappa shape index (κ3) is 2.51. The number of nitrogens with two attached hydrogens (primary N) is 1. The van der Waals surface area contributed by atoms with Gasteiger partial charge in [0, 0.05) is 10.4 Å². The minimum absolute atomic E-state index is 0.0375. The second-order valence-corrected chi connectivity index (χ2v) is 6.10. The van der Waals surface area contributed by atoms with Gasteiger partial charge in [0.1, 0.15) is 10.7 Å². The Labute approximate surface area is 124 Å². The van der Waals surface area contributed by atoms with Gasteiger partial charge in [0.2, 0.25) is 0 Å². The molecular weight excluding hydrogens is 301 g/mol. The number of rotatable bonds is 3. The molecule has 106 valence electrons. The molecule has 2 rings (SSSR count). The standard InChI is InChI=1S/C14H13ClFNO2S/c1-6(2)10-11(17)13(14(18)19)20-12(10)8-4-3-7(16)5-9(8)15/h3-6H,17H2,1-2H3,(H,18,19). The predicted octanol–water partition coefficient (Wildman–Crippen LogP) is 4.61. The predicted molar refractivity (Wildman–Crippen MR) is 80.2 cm³/mol. The Bertz CT molecular complexity index is 682. The summed E-state index contributed by atoms with van der Waals surface area (Å²) in [6.07, 6.45) is 0. The van der Waals surface area contributed by atoms with Crippen molar-refractivity contribution in [2.45, 2.75) is 19.8 Å². The van der Waals surface area contributed by atoms with Crippen molar-refractivity contribution in [1.29, 1.82) is 0 Å². The summed E-state index contributed by atoms with van der Waals surface area (Å²) in [5, 5.41) is 9.42. The SMILES string of the molecule is CC(C)c1c(-c2ccc(F)cc2Cl)sc(C(=O)O)c1N. The fourth-order valence-corrected chi connectivity index (χ4v) is 3.64. The van der Waals surface area contributed by atoms with Crippen LogP contribution in [-0.2, 0) is 0 Å². The molecule has 3 nitrogen and oxygen atoms in total. The maximum absolute atomic E-state index is 13.1. The minimum atomic E-state index is -1.07. The minimum Gasteiger partial charge on any atom is -0.477 e. The van der Waals surface area contributed by atoms with Crippen LogP contribution in [0, 0.1) is 5.82 Å². The highest BCUT2D eigenvalue weighted by atomic mass is 35.5. The largest absolute Gasteiger partial charge is 0.477 e. The molecule has 0 saturated heterocycles. The first-order chi connectivity index (χ1) is 9.32. The van der Waals surface area contributed by atoms with E-state index in [0.29, 0.717) is 10.4 Å². The van der Waals surface area contributed by atoms with Crippen LogP contribution < -0.4 is 5.73 Å². The quantitative estimate of drug-likeness (QED) is 0.869. The highest BCUT2D eigenvalue weighted by molar-refractivity contribution is 7.18. The first kappa shape index (κ1) is 14.8. The van der Waals surface area contributed by atoms with Crippen LogP contribution in [0.4, 0.5) is 10.1 Å². The Kier molecular flexibility index (Phi) is 4.01. The second kappa shape index (κ2) is 5.42. The van der Waals surface area contributed by atoms with E-state index in [1.165, 1.54) is 12.1 Å². The molecular formula is C14H13ClFNO2S. The van der Waals surface area contributed by atoms with E-state index in [4.69, 9.17) is 17.3 Å². The van der Waals surface area contributed by atoms with Gasteiger partial charge in [-0.1, -0.05) is 25.4 Å². The highest BCUT2D eigenvalue weighted by Gasteiger charge is 2.24. The number of hydrogen-bond donors (Lipinski definition) is 2. The Morgan fingerprint density at radius 2 is 2.10 bits per heavy atom. The van der Waals surface area contributed by atoms with E-state index >= 15 is 0 Å².